The van der Waals surface area contributed by atoms with Crippen LogP contribution in [0.1, 0.15) is 65.7 Å². The van der Waals surface area contributed by atoms with Crippen LogP contribution in [0.5, 0.6) is 0 Å². The zero-order valence-electron chi connectivity index (χ0n) is 12.6. The van der Waals surface area contributed by atoms with Crippen LogP contribution in [-0.2, 0) is 0 Å². The van der Waals surface area contributed by atoms with E-state index in [1.807, 2.05) is 0 Å². The Kier molecular flexibility index (Phi) is 5.50. The van der Waals surface area contributed by atoms with E-state index < -0.39 is 0 Å². The van der Waals surface area contributed by atoms with Gasteiger partial charge in [-0.1, -0.05) is 13.3 Å². The minimum absolute atomic E-state index is 0.701. The smallest absolute Gasteiger partial charge is 0.0195 e. The Morgan fingerprint density at radius 3 is 2.33 bits per heavy atom. The first-order valence-electron chi connectivity index (χ1n) is 8.16. The SMILES string of the molecule is CC1CCC(N(CC2CCCCN2)C(C)C)CC1. The van der Waals surface area contributed by atoms with E-state index in [1.165, 1.54) is 58.0 Å². The van der Waals surface area contributed by atoms with Crippen molar-refractivity contribution >= 4 is 0 Å². The average Bonchev–Trinajstić information content (AvgIpc) is 2.38. The summed E-state index contributed by atoms with van der Waals surface area (Å²) in [4.78, 5) is 2.79. The standard InChI is InChI=1S/C16H32N2/c1-13(2)18(12-15-6-4-5-11-17-15)16-9-7-14(3)8-10-16/h13-17H,4-12H2,1-3H3. The molecule has 1 aliphatic carbocycles. The van der Waals surface area contributed by atoms with E-state index in [-0.39, 0.29) is 0 Å². The summed E-state index contributed by atoms with van der Waals surface area (Å²) in [5.74, 6) is 0.961. The van der Waals surface area contributed by atoms with Gasteiger partial charge in [0, 0.05) is 24.7 Å². The first kappa shape index (κ1) is 14.3. The highest BCUT2D eigenvalue weighted by atomic mass is 15.2. The van der Waals surface area contributed by atoms with Gasteiger partial charge in [-0.3, -0.25) is 4.90 Å². The van der Waals surface area contributed by atoms with E-state index in [2.05, 4.69) is 31.0 Å². The zero-order valence-corrected chi connectivity index (χ0v) is 12.6. The summed E-state index contributed by atoms with van der Waals surface area (Å²) >= 11 is 0. The van der Waals surface area contributed by atoms with Gasteiger partial charge in [0.25, 0.3) is 0 Å². The van der Waals surface area contributed by atoms with Crippen molar-refractivity contribution in [3.63, 3.8) is 0 Å². The molecule has 2 rings (SSSR count). The van der Waals surface area contributed by atoms with Crippen LogP contribution in [0.25, 0.3) is 0 Å². The highest BCUT2D eigenvalue weighted by Crippen LogP contribution is 2.28. The van der Waals surface area contributed by atoms with Crippen LogP contribution >= 0.6 is 0 Å². The third kappa shape index (κ3) is 3.96. The fourth-order valence-electron chi connectivity index (χ4n) is 3.69. The van der Waals surface area contributed by atoms with Gasteiger partial charge in [-0.05, 0) is 64.8 Å². The second kappa shape index (κ2) is 6.91. The van der Waals surface area contributed by atoms with Gasteiger partial charge in [0.15, 0.2) is 0 Å². The molecule has 0 aromatic rings. The minimum Gasteiger partial charge on any atom is -0.313 e. The molecule has 1 saturated heterocycles. The van der Waals surface area contributed by atoms with Gasteiger partial charge < -0.3 is 5.32 Å². The second-order valence-electron chi connectivity index (χ2n) is 6.85. The lowest BCUT2D eigenvalue weighted by atomic mass is 9.86. The molecular weight excluding hydrogens is 220 g/mol. The van der Waals surface area contributed by atoms with Crippen LogP contribution in [0.3, 0.4) is 0 Å². The van der Waals surface area contributed by atoms with Crippen LogP contribution < -0.4 is 5.32 Å². The van der Waals surface area contributed by atoms with E-state index in [0.29, 0.717) is 6.04 Å². The zero-order chi connectivity index (χ0) is 13.0. The van der Waals surface area contributed by atoms with Crippen LogP contribution in [0.2, 0.25) is 0 Å². The second-order valence-corrected chi connectivity index (χ2v) is 6.85. The molecule has 1 N–H and O–H groups in total. The topological polar surface area (TPSA) is 15.3 Å². The number of hydrogen-bond acceptors (Lipinski definition) is 2. The summed E-state index contributed by atoms with van der Waals surface area (Å²) in [6.45, 7) is 9.68. The summed E-state index contributed by atoms with van der Waals surface area (Å²) in [7, 11) is 0. The molecule has 1 heterocycles. The normalized spacial score (nSPS) is 34.2. The molecule has 0 aromatic heterocycles. The molecule has 1 unspecified atom stereocenters. The maximum Gasteiger partial charge on any atom is 0.0195 e. The van der Waals surface area contributed by atoms with Crippen molar-refractivity contribution in [2.45, 2.75) is 83.8 Å². The van der Waals surface area contributed by atoms with Crippen molar-refractivity contribution in [2.75, 3.05) is 13.1 Å². The monoisotopic (exact) mass is 252 g/mol. The number of hydrogen-bond donors (Lipinski definition) is 1. The van der Waals surface area contributed by atoms with Crippen LogP contribution in [-0.4, -0.2) is 36.1 Å². The molecule has 2 aliphatic rings. The lowest BCUT2D eigenvalue weighted by Gasteiger charge is -2.41. The number of nitrogens with one attached hydrogen (secondary N) is 1. The van der Waals surface area contributed by atoms with Crippen molar-refractivity contribution in [2.24, 2.45) is 5.92 Å². The molecule has 0 aromatic carbocycles. The number of piperidine rings is 1. The van der Waals surface area contributed by atoms with Gasteiger partial charge in [-0.25, -0.2) is 0 Å². The molecule has 2 heteroatoms. The molecule has 106 valence electrons. The molecule has 18 heavy (non-hydrogen) atoms. The summed E-state index contributed by atoms with van der Waals surface area (Å²) in [6, 6.07) is 2.30. The molecule has 0 bridgehead atoms. The van der Waals surface area contributed by atoms with Gasteiger partial charge in [0.05, 0.1) is 0 Å². The van der Waals surface area contributed by atoms with Crippen molar-refractivity contribution < 1.29 is 0 Å². The van der Waals surface area contributed by atoms with E-state index in [9.17, 15) is 0 Å². The van der Waals surface area contributed by atoms with Crippen molar-refractivity contribution in [3.05, 3.63) is 0 Å². The molecule has 2 fully saturated rings. The van der Waals surface area contributed by atoms with Crippen molar-refractivity contribution in [1.29, 1.82) is 0 Å². The average molecular weight is 252 g/mol. The Morgan fingerprint density at radius 2 is 1.78 bits per heavy atom. The van der Waals surface area contributed by atoms with Crippen LogP contribution in [0.15, 0.2) is 0 Å². The van der Waals surface area contributed by atoms with Crippen LogP contribution in [0, 0.1) is 5.92 Å². The minimum atomic E-state index is 0.701. The first-order valence-corrected chi connectivity index (χ1v) is 8.16. The van der Waals surface area contributed by atoms with Gasteiger partial charge >= 0.3 is 0 Å². The molecule has 1 atom stereocenters. The van der Waals surface area contributed by atoms with Crippen molar-refractivity contribution in [1.82, 2.24) is 10.2 Å². The summed E-state index contributed by atoms with van der Waals surface area (Å²) < 4.78 is 0. The molecule has 1 saturated carbocycles. The highest BCUT2D eigenvalue weighted by molar-refractivity contribution is 4.84. The Morgan fingerprint density at radius 1 is 1.06 bits per heavy atom. The fourth-order valence-corrected chi connectivity index (χ4v) is 3.69. The Bertz CT molecular complexity index is 225. The maximum atomic E-state index is 3.71. The van der Waals surface area contributed by atoms with Gasteiger partial charge in [-0.2, -0.15) is 0 Å². The van der Waals surface area contributed by atoms with Gasteiger partial charge in [0.2, 0.25) is 0 Å². The Hall–Kier alpha value is -0.0800. The lowest BCUT2D eigenvalue weighted by molar-refractivity contribution is 0.0915. The molecule has 1 aliphatic heterocycles. The summed E-state index contributed by atoms with van der Waals surface area (Å²) in [5, 5.41) is 3.71. The lowest BCUT2D eigenvalue weighted by Crippen LogP contribution is -2.50. The fraction of sp³-hybridized carbons (Fsp3) is 1.00. The van der Waals surface area contributed by atoms with Crippen molar-refractivity contribution in [3.8, 4) is 0 Å². The predicted octanol–water partition coefficient (Wildman–Crippen LogP) is 3.42. The van der Waals surface area contributed by atoms with E-state index in [4.69, 9.17) is 0 Å². The van der Waals surface area contributed by atoms with E-state index in [0.717, 1.165) is 18.0 Å². The highest BCUT2D eigenvalue weighted by Gasteiger charge is 2.27. The molecule has 0 radical (unpaired) electrons. The quantitative estimate of drug-likeness (QED) is 0.825. The Labute approximate surface area is 114 Å². The maximum absolute atomic E-state index is 3.71. The third-order valence-corrected chi connectivity index (χ3v) is 4.96. The molecular formula is C16H32N2. The van der Waals surface area contributed by atoms with E-state index >= 15 is 0 Å². The van der Waals surface area contributed by atoms with Gasteiger partial charge in [0.1, 0.15) is 0 Å². The van der Waals surface area contributed by atoms with Crippen LogP contribution in [0.4, 0.5) is 0 Å². The number of nitrogens with zero attached hydrogens (tertiary/aromatic N) is 1. The largest absolute Gasteiger partial charge is 0.313 e. The molecule has 2 nitrogen and oxygen atoms in total. The third-order valence-electron chi connectivity index (χ3n) is 4.96. The molecule has 0 spiro atoms. The Balaban J connectivity index is 1.86. The number of rotatable bonds is 4. The first-order chi connectivity index (χ1) is 8.66. The predicted molar refractivity (Wildman–Crippen MR) is 78.9 cm³/mol. The molecule has 0 amide bonds. The summed E-state index contributed by atoms with van der Waals surface area (Å²) in [6.07, 6.45) is 9.90. The van der Waals surface area contributed by atoms with E-state index in [1.54, 1.807) is 0 Å². The van der Waals surface area contributed by atoms with Gasteiger partial charge in [-0.15, -0.1) is 0 Å². The summed E-state index contributed by atoms with van der Waals surface area (Å²) in [5.41, 5.74) is 0.